The summed E-state index contributed by atoms with van der Waals surface area (Å²) < 4.78 is 13.3. The molecule has 0 aliphatic carbocycles. The van der Waals surface area contributed by atoms with E-state index in [1.807, 2.05) is 0 Å². The Hall–Kier alpha value is -2.21. The van der Waals surface area contributed by atoms with Crippen LogP contribution in [0.15, 0.2) is 23.0 Å². The first-order valence-corrected chi connectivity index (χ1v) is 6.15. The second-order valence-corrected chi connectivity index (χ2v) is 4.80. The molecule has 0 saturated carbocycles. The molecule has 0 atom stereocenters. The van der Waals surface area contributed by atoms with Crippen LogP contribution in [0.4, 0.5) is 10.2 Å². The molecule has 0 radical (unpaired) electrons. The van der Waals surface area contributed by atoms with Gasteiger partial charge in [0.15, 0.2) is 5.78 Å². The van der Waals surface area contributed by atoms with Crippen LogP contribution in [0.5, 0.6) is 0 Å². The molecule has 6 heteroatoms. The maximum absolute atomic E-state index is 13.3. The fraction of sp³-hybridized carbons (Fsp3) is 0.286. The summed E-state index contributed by atoms with van der Waals surface area (Å²) in [4.78, 5) is 28.6. The zero-order valence-corrected chi connectivity index (χ0v) is 11.6. The van der Waals surface area contributed by atoms with E-state index >= 15 is 0 Å². The molecule has 2 aromatic rings. The van der Waals surface area contributed by atoms with Crippen LogP contribution < -0.4 is 10.9 Å². The zero-order valence-electron chi connectivity index (χ0n) is 11.6. The molecule has 106 valence electrons. The molecular formula is C14H16FN3O2. The van der Waals surface area contributed by atoms with Gasteiger partial charge in [-0.2, -0.15) is 0 Å². The molecule has 2 rings (SSSR count). The molecule has 0 saturated heterocycles. The van der Waals surface area contributed by atoms with Crippen molar-refractivity contribution in [1.82, 2.24) is 9.88 Å². The molecule has 0 spiro atoms. The van der Waals surface area contributed by atoms with Gasteiger partial charge in [-0.25, -0.2) is 4.39 Å². The molecule has 1 heterocycles. The molecule has 20 heavy (non-hydrogen) atoms. The lowest BCUT2D eigenvalue weighted by molar-refractivity contribution is 0.0960. The quantitative estimate of drug-likeness (QED) is 0.830. The van der Waals surface area contributed by atoms with Crippen molar-refractivity contribution >= 4 is 22.4 Å². The molecule has 0 aliphatic heterocycles. The molecule has 0 aliphatic rings. The maximum Gasteiger partial charge on any atom is 0.257 e. The Morgan fingerprint density at radius 3 is 2.65 bits per heavy atom. The number of hydrogen-bond acceptors (Lipinski definition) is 4. The van der Waals surface area contributed by atoms with Gasteiger partial charge in [-0.1, -0.05) is 6.07 Å². The number of ketones is 1. The fourth-order valence-corrected chi connectivity index (χ4v) is 2.14. The molecule has 1 aromatic carbocycles. The van der Waals surface area contributed by atoms with Gasteiger partial charge in [-0.3, -0.25) is 9.59 Å². The summed E-state index contributed by atoms with van der Waals surface area (Å²) in [5.74, 6) is -0.306. The van der Waals surface area contributed by atoms with Gasteiger partial charge in [-0.05, 0) is 26.2 Å². The molecule has 0 unspecified atom stereocenters. The summed E-state index contributed by atoms with van der Waals surface area (Å²) >= 11 is 0. The lowest BCUT2D eigenvalue weighted by Crippen LogP contribution is -2.24. The van der Waals surface area contributed by atoms with Gasteiger partial charge in [0.1, 0.15) is 11.6 Å². The lowest BCUT2D eigenvalue weighted by atomic mass is 10.0. The number of Topliss-reactive ketones (excluding diaryl/α,β-unsaturated/α-hetero) is 1. The highest BCUT2D eigenvalue weighted by atomic mass is 19.1. The molecular weight excluding hydrogens is 261 g/mol. The average molecular weight is 277 g/mol. The zero-order chi connectivity index (χ0) is 14.9. The first kappa shape index (κ1) is 14.2. The highest BCUT2D eigenvalue weighted by Gasteiger charge is 2.18. The van der Waals surface area contributed by atoms with Crippen LogP contribution in [0.3, 0.4) is 0 Å². The third-order valence-electron chi connectivity index (χ3n) is 2.97. The predicted molar refractivity (Wildman–Crippen MR) is 77.0 cm³/mol. The summed E-state index contributed by atoms with van der Waals surface area (Å²) in [5.41, 5.74) is -0.0546. The van der Waals surface area contributed by atoms with Gasteiger partial charge in [0.05, 0.1) is 17.5 Å². The SMILES string of the molecule is CNc1[nH]c(=O)c2cc(F)ccc2c1C(=O)CN(C)C. The molecule has 5 nitrogen and oxygen atoms in total. The summed E-state index contributed by atoms with van der Waals surface area (Å²) in [7, 11) is 5.18. The Morgan fingerprint density at radius 2 is 2.05 bits per heavy atom. The highest BCUT2D eigenvalue weighted by Crippen LogP contribution is 2.22. The Labute approximate surface area is 115 Å². The number of H-pyrrole nitrogens is 1. The number of benzene rings is 1. The van der Waals surface area contributed by atoms with Crippen molar-refractivity contribution in [3.63, 3.8) is 0 Å². The number of fused-ring (bicyclic) bond motifs is 1. The standard InChI is InChI=1S/C14H16FN3O2/c1-16-13-12(11(19)7-18(2)3)9-5-4-8(15)6-10(9)14(20)17-13/h4-6H,7H2,1-3H3,(H2,16,17,20). The third-order valence-corrected chi connectivity index (χ3v) is 2.97. The van der Waals surface area contributed by atoms with E-state index in [1.54, 1.807) is 26.0 Å². The van der Waals surface area contributed by atoms with Crippen LogP contribution in [-0.2, 0) is 0 Å². The minimum Gasteiger partial charge on any atom is -0.374 e. The number of likely N-dealkylation sites (N-methyl/N-ethyl adjacent to an activating group) is 1. The largest absolute Gasteiger partial charge is 0.374 e. The van der Waals surface area contributed by atoms with Gasteiger partial charge >= 0.3 is 0 Å². The first-order valence-electron chi connectivity index (χ1n) is 6.15. The number of hydrogen-bond donors (Lipinski definition) is 2. The van der Waals surface area contributed by atoms with Crippen molar-refractivity contribution in [2.45, 2.75) is 0 Å². The minimum absolute atomic E-state index is 0.146. The van der Waals surface area contributed by atoms with E-state index in [-0.39, 0.29) is 17.7 Å². The fourth-order valence-electron chi connectivity index (χ4n) is 2.14. The Morgan fingerprint density at radius 1 is 1.35 bits per heavy atom. The van der Waals surface area contributed by atoms with Gasteiger partial charge in [-0.15, -0.1) is 0 Å². The van der Waals surface area contributed by atoms with E-state index in [0.29, 0.717) is 16.8 Å². The number of pyridine rings is 1. The van der Waals surface area contributed by atoms with E-state index in [4.69, 9.17) is 0 Å². The van der Waals surface area contributed by atoms with E-state index in [2.05, 4.69) is 10.3 Å². The second kappa shape index (κ2) is 5.42. The molecule has 0 amide bonds. The molecule has 1 aromatic heterocycles. The summed E-state index contributed by atoms with van der Waals surface area (Å²) in [5, 5.41) is 3.43. The number of carbonyl (C=O) groups excluding carboxylic acids is 1. The molecule has 0 bridgehead atoms. The van der Waals surface area contributed by atoms with Crippen LogP contribution in [-0.4, -0.2) is 43.4 Å². The van der Waals surface area contributed by atoms with Crippen molar-refractivity contribution in [1.29, 1.82) is 0 Å². The van der Waals surface area contributed by atoms with Gasteiger partial charge in [0.2, 0.25) is 0 Å². The van der Waals surface area contributed by atoms with Crippen molar-refractivity contribution in [3.05, 3.63) is 39.9 Å². The van der Waals surface area contributed by atoms with Crippen LogP contribution in [0.2, 0.25) is 0 Å². The average Bonchev–Trinajstić information content (AvgIpc) is 2.38. The summed E-state index contributed by atoms with van der Waals surface area (Å²) in [6.07, 6.45) is 0. The second-order valence-electron chi connectivity index (χ2n) is 4.80. The van der Waals surface area contributed by atoms with E-state index in [1.165, 1.54) is 12.1 Å². The van der Waals surface area contributed by atoms with E-state index < -0.39 is 11.4 Å². The van der Waals surface area contributed by atoms with Crippen LogP contribution in [0.1, 0.15) is 10.4 Å². The number of rotatable bonds is 4. The van der Waals surface area contributed by atoms with Crippen molar-refractivity contribution in [2.24, 2.45) is 0 Å². The Bertz CT molecular complexity index is 722. The molecule has 2 N–H and O–H groups in total. The number of halogens is 1. The van der Waals surface area contributed by atoms with Gasteiger partial charge < -0.3 is 15.2 Å². The number of carbonyl (C=O) groups is 1. The minimum atomic E-state index is -0.508. The topological polar surface area (TPSA) is 65.2 Å². The van der Waals surface area contributed by atoms with Crippen LogP contribution in [0.25, 0.3) is 10.8 Å². The highest BCUT2D eigenvalue weighted by molar-refractivity contribution is 6.12. The van der Waals surface area contributed by atoms with Crippen molar-refractivity contribution in [3.8, 4) is 0 Å². The predicted octanol–water partition coefficient (Wildman–Crippen LogP) is 1.45. The smallest absolute Gasteiger partial charge is 0.257 e. The summed E-state index contributed by atoms with van der Waals surface area (Å²) in [6.45, 7) is 0.202. The first-order chi connectivity index (χ1) is 9.43. The number of nitrogens with zero attached hydrogens (tertiary/aromatic N) is 1. The van der Waals surface area contributed by atoms with E-state index in [9.17, 15) is 14.0 Å². The van der Waals surface area contributed by atoms with E-state index in [0.717, 1.165) is 6.07 Å². The number of aromatic amines is 1. The third kappa shape index (κ3) is 2.55. The Balaban J connectivity index is 2.76. The van der Waals surface area contributed by atoms with Crippen LogP contribution >= 0.6 is 0 Å². The summed E-state index contributed by atoms with van der Waals surface area (Å²) in [6, 6.07) is 3.84. The lowest BCUT2D eigenvalue weighted by Gasteiger charge is -2.14. The van der Waals surface area contributed by atoms with Gasteiger partial charge in [0.25, 0.3) is 5.56 Å². The monoisotopic (exact) mass is 277 g/mol. The number of anilines is 1. The van der Waals surface area contributed by atoms with Gasteiger partial charge in [0, 0.05) is 12.4 Å². The normalized spacial score (nSPS) is 11.1. The number of nitrogens with one attached hydrogen (secondary N) is 2. The maximum atomic E-state index is 13.3. The van der Waals surface area contributed by atoms with Crippen molar-refractivity contribution < 1.29 is 9.18 Å². The number of aromatic nitrogens is 1. The Kier molecular flexibility index (Phi) is 3.85. The molecule has 0 fully saturated rings. The van der Waals surface area contributed by atoms with Crippen LogP contribution in [0, 0.1) is 5.82 Å². The van der Waals surface area contributed by atoms with Crippen molar-refractivity contribution in [2.75, 3.05) is 33.0 Å².